The van der Waals surface area contributed by atoms with Gasteiger partial charge in [-0.15, -0.1) is 0 Å². The van der Waals surface area contributed by atoms with E-state index in [1.807, 2.05) is 24.3 Å². The van der Waals surface area contributed by atoms with Crippen LogP contribution in [0.25, 0.3) is 0 Å². The summed E-state index contributed by atoms with van der Waals surface area (Å²) < 4.78 is 11.3. The quantitative estimate of drug-likeness (QED) is 0.761. The van der Waals surface area contributed by atoms with Crippen molar-refractivity contribution in [3.8, 4) is 5.75 Å². The van der Waals surface area contributed by atoms with Gasteiger partial charge in [-0.05, 0) is 50.7 Å². The van der Waals surface area contributed by atoms with Crippen LogP contribution in [0.5, 0.6) is 5.75 Å². The molecule has 0 amide bonds. The number of hydrogen-bond donors (Lipinski definition) is 0. The van der Waals surface area contributed by atoms with E-state index in [0.29, 0.717) is 11.7 Å². The molecule has 0 aliphatic heterocycles. The Morgan fingerprint density at radius 1 is 1.26 bits per heavy atom. The van der Waals surface area contributed by atoms with Crippen molar-refractivity contribution in [1.29, 1.82) is 0 Å². The zero-order valence-electron chi connectivity index (χ0n) is 11.4. The molecule has 0 saturated heterocycles. The Balaban J connectivity index is 1.81. The lowest BCUT2D eigenvalue weighted by molar-refractivity contribution is 0.00600. The fourth-order valence-electron chi connectivity index (χ4n) is 2.82. The molecule has 0 heterocycles. The number of ether oxygens (including phenoxy) is 2. The maximum absolute atomic E-state index is 12.7. The van der Waals surface area contributed by atoms with Crippen LogP contribution in [0.3, 0.4) is 0 Å². The van der Waals surface area contributed by atoms with Crippen molar-refractivity contribution in [2.45, 2.75) is 50.2 Å². The van der Waals surface area contributed by atoms with Crippen molar-refractivity contribution < 1.29 is 14.3 Å². The molecule has 2 saturated carbocycles. The van der Waals surface area contributed by atoms with Gasteiger partial charge in [-0.1, -0.05) is 12.1 Å². The molecule has 0 bridgehead atoms. The number of carbonyl (C=O) groups is 1. The Hall–Kier alpha value is -1.35. The lowest BCUT2D eigenvalue weighted by Crippen LogP contribution is -2.37. The van der Waals surface area contributed by atoms with Gasteiger partial charge in [0, 0.05) is 12.7 Å². The predicted molar refractivity (Wildman–Crippen MR) is 72.6 cm³/mol. The monoisotopic (exact) mass is 260 g/mol. The van der Waals surface area contributed by atoms with E-state index in [4.69, 9.17) is 9.47 Å². The third kappa shape index (κ3) is 2.52. The Bertz CT molecular complexity index is 471. The maximum atomic E-state index is 12.7. The Morgan fingerprint density at radius 3 is 2.63 bits per heavy atom. The van der Waals surface area contributed by atoms with Gasteiger partial charge < -0.3 is 9.47 Å². The maximum Gasteiger partial charge on any atom is 0.194 e. The van der Waals surface area contributed by atoms with Crippen molar-refractivity contribution in [2.75, 3.05) is 7.11 Å². The molecular formula is C16H20O3. The summed E-state index contributed by atoms with van der Waals surface area (Å²) in [6.07, 6.45) is 6.40. The van der Waals surface area contributed by atoms with Gasteiger partial charge in [0.25, 0.3) is 0 Å². The third-order valence-electron chi connectivity index (χ3n) is 4.14. The first-order chi connectivity index (χ1) is 9.23. The van der Waals surface area contributed by atoms with Gasteiger partial charge in [-0.3, -0.25) is 4.79 Å². The van der Waals surface area contributed by atoms with Crippen LogP contribution in [0.2, 0.25) is 0 Å². The standard InChI is InChI=1S/C16H20O3/c1-18-16(9-2-3-10-16)15(17)12-5-4-6-14(11-12)19-13-7-8-13/h4-6,11,13H,2-3,7-10H2,1H3. The molecule has 1 aromatic rings. The van der Waals surface area contributed by atoms with Gasteiger partial charge in [0.1, 0.15) is 11.4 Å². The van der Waals surface area contributed by atoms with Crippen LogP contribution in [0.1, 0.15) is 48.9 Å². The minimum Gasteiger partial charge on any atom is -0.490 e. The molecule has 3 rings (SSSR count). The fourth-order valence-corrected chi connectivity index (χ4v) is 2.82. The van der Waals surface area contributed by atoms with Crippen LogP contribution in [0.15, 0.2) is 24.3 Å². The first kappa shape index (κ1) is 12.7. The molecular weight excluding hydrogens is 240 g/mol. The number of ketones is 1. The van der Waals surface area contributed by atoms with E-state index in [2.05, 4.69) is 0 Å². The molecule has 0 aromatic heterocycles. The topological polar surface area (TPSA) is 35.5 Å². The van der Waals surface area contributed by atoms with Gasteiger partial charge in [-0.25, -0.2) is 0 Å². The van der Waals surface area contributed by atoms with Crippen LogP contribution in [0, 0.1) is 0 Å². The summed E-state index contributed by atoms with van der Waals surface area (Å²) in [6.45, 7) is 0. The first-order valence-electron chi connectivity index (χ1n) is 7.10. The number of carbonyl (C=O) groups excluding carboxylic acids is 1. The second-order valence-corrected chi connectivity index (χ2v) is 5.58. The van der Waals surface area contributed by atoms with E-state index in [9.17, 15) is 4.79 Å². The minimum absolute atomic E-state index is 0.105. The summed E-state index contributed by atoms with van der Waals surface area (Å²) in [5.74, 6) is 0.909. The average Bonchev–Trinajstić information content (AvgIpc) is 3.12. The van der Waals surface area contributed by atoms with Crippen LogP contribution >= 0.6 is 0 Å². The number of benzene rings is 1. The summed E-state index contributed by atoms with van der Waals surface area (Å²) in [5, 5.41) is 0. The number of hydrogen-bond acceptors (Lipinski definition) is 3. The van der Waals surface area contributed by atoms with Crippen LogP contribution in [0.4, 0.5) is 0 Å². The molecule has 3 heteroatoms. The van der Waals surface area contributed by atoms with Crippen LogP contribution in [-0.4, -0.2) is 24.6 Å². The summed E-state index contributed by atoms with van der Waals surface area (Å²) >= 11 is 0. The molecule has 0 atom stereocenters. The van der Waals surface area contributed by atoms with Gasteiger partial charge in [-0.2, -0.15) is 0 Å². The molecule has 3 nitrogen and oxygen atoms in total. The van der Waals surface area contributed by atoms with Crippen LogP contribution in [-0.2, 0) is 4.74 Å². The van der Waals surface area contributed by atoms with E-state index in [1.54, 1.807) is 7.11 Å². The Morgan fingerprint density at radius 2 is 2.00 bits per heavy atom. The van der Waals surface area contributed by atoms with Gasteiger partial charge >= 0.3 is 0 Å². The summed E-state index contributed by atoms with van der Waals surface area (Å²) in [5.41, 5.74) is 0.111. The van der Waals surface area contributed by atoms with Crippen molar-refractivity contribution in [3.05, 3.63) is 29.8 Å². The van der Waals surface area contributed by atoms with Gasteiger partial charge in [0.2, 0.25) is 0 Å². The predicted octanol–water partition coefficient (Wildman–Crippen LogP) is 3.37. The molecule has 1 aromatic carbocycles. The highest BCUT2D eigenvalue weighted by Crippen LogP contribution is 2.36. The van der Waals surface area contributed by atoms with Crippen molar-refractivity contribution in [3.63, 3.8) is 0 Å². The zero-order valence-corrected chi connectivity index (χ0v) is 11.4. The second kappa shape index (κ2) is 4.97. The lowest BCUT2D eigenvalue weighted by atomic mass is 9.91. The molecule has 2 aliphatic carbocycles. The zero-order chi connectivity index (χ0) is 13.3. The average molecular weight is 260 g/mol. The van der Waals surface area contributed by atoms with Gasteiger partial charge in [0.15, 0.2) is 5.78 Å². The van der Waals surface area contributed by atoms with Crippen LogP contribution < -0.4 is 4.74 Å². The summed E-state index contributed by atoms with van der Waals surface area (Å²) in [7, 11) is 1.65. The lowest BCUT2D eigenvalue weighted by Gasteiger charge is -2.25. The first-order valence-corrected chi connectivity index (χ1v) is 7.10. The smallest absolute Gasteiger partial charge is 0.194 e. The normalized spacial score (nSPS) is 21.3. The molecule has 19 heavy (non-hydrogen) atoms. The van der Waals surface area contributed by atoms with E-state index in [1.165, 1.54) is 0 Å². The highest BCUT2D eigenvalue weighted by molar-refractivity contribution is 6.03. The largest absolute Gasteiger partial charge is 0.490 e. The van der Waals surface area contributed by atoms with E-state index >= 15 is 0 Å². The molecule has 2 aliphatic rings. The highest BCUT2D eigenvalue weighted by Gasteiger charge is 2.41. The van der Waals surface area contributed by atoms with Crippen molar-refractivity contribution >= 4 is 5.78 Å². The molecule has 102 valence electrons. The molecule has 0 radical (unpaired) electrons. The highest BCUT2D eigenvalue weighted by atomic mass is 16.5. The van der Waals surface area contributed by atoms with Crippen molar-refractivity contribution in [2.24, 2.45) is 0 Å². The van der Waals surface area contributed by atoms with E-state index in [-0.39, 0.29) is 5.78 Å². The number of Topliss-reactive ketones (excluding diaryl/α,β-unsaturated/α-hetero) is 1. The molecule has 2 fully saturated rings. The van der Waals surface area contributed by atoms with E-state index < -0.39 is 5.60 Å². The molecule has 0 spiro atoms. The molecule has 0 unspecified atom stereocenters. The fraction of sp³-hybridized carbons (Fsp3) is 0.562. The Kier molecular flexibility index (Phi) is 3.31. The van der Waals surface area contributed by atoms with Gasteiger partial charge in [0.05, 0.1) is 6.10 Å². The SMILES string of the molecule is COC1(C(=O)c2cccc(OC3CC3)c2)CCCC1. The summed E-state index contributed by atoms with van der Waals surface area (Å²) in [6, 6.07) is 7.54. The third-order valence-corrected chi connectivity index (χ3v) is 4.14. The number of methoxy groups -OCH3 is 1. The van der Waals surface area contributed by atoms with Crippen molar-refractivity contribution in [1.82, 2.24) is 0 Å². The second-order valence-electron chi connectivity index (χ2n) is 5.58. The Labute approximate surface area is 113 Å². The van der Waals surface area contributed by atoms with E-state index in [0.717, 1.165) is 44.3 Å². The minimum atomic E-state index is -0.599. The molecule has 0 N–H and O–H groups in total. The summed E-state index contributed by atoms with van der Waals surface area (Å²) in [4.78, 5) is 12.7. The number of rotatable bonds is 5.